The van der Waals surface area contributed by atoms with E-state index in [0.717, 1.165) is 12.0 Å². The minimum absolute atomic E-state index is 0. The second kappa shape index (κ2) is 6.75. The number of fused-ring (bicyclic) bond motifs is 1. The highest BCUT2D eigenvalue weighted by Crippen LogP contribution is 2.23. The third kappa shape index (κ3) is 3.59. The van der Waals surface area contributed by atoms with Crippen molar-refractivity contribution in [2.45, 2.75) is 19.0 Å². The molecule has 1 aromatic carbocycles. The van der Waals surface area contributed by atoms with Crippen LogP contribution < -0.4 is 5.73 Å². The van der Waals surface area contributed by atoms with Crippen LogP contribution in [-0.4, -0.2) is 42.2 Å². The second-order valence-electron chi connectivity index (χ2n) is 4.52. The Balaban J connectivity index is 0.00000180. The number of halogens is 1. The molecule has 2 rings (SSSR count). The summed E-state index contributed by atoms with van der Waals surface area (Å²) < 4.78 is 4.89. The van der Waals surface area contributed by atoms with Crippen molar-refractivity contribution >= 4 is 18.3 Å². The first kappa shape index (κ1) is 15.8. The number of nitrogens with two attached hydrogens (primary N) is 1. The van der Waals surface area contributed by atoms with Crippen LogP contribution in [0.25, 0.3) is 0 Å². The molecule has 19 heavy (non-hydrogen) atoms. The monoisotopic (exact) mass is 286 g/mol. The van der Waals surface area contributed by atoms with Gasteiger partial charge in [-0.1, -0.05) is 6.07 Å². The first-order valence-electron chi connectivity index (χ1n) is 5.96. The number of amides is 1. The van der Waals surface area contributed by atoms with E-state index in [2.05, 4.69) is 0 Å². The lowest BCUT2D eigenvalue weighted by Crippen LogP contribution is -2.47. The molecule has 0 spiro atoms. The molecule has 3 N–H and O–H groups in total. The van der Waals surface area contributed by atoms with Gasteiger partial charge in [0.1, 0.15) is 11.8 Å². The van der Waals surface area contributed by atoms with Crippen molar-refractivity contribution in [3.05, 3.63) is 29.3 Å². The molecule has 1 atom stereocenters. The topological polar surface area (TPSA) is 75.8 Å². The van der Waals surface area contributed by atoms with Gasteiger partial charge in [-0.2, -0.15) is 0 Å². The molecule has 0 radical (unpaired) electrons. The molecule has 1 amide bonds. The molecule has 0 bridgehead atoms. The average molecular weight is 287 g/mol. The number of ether oxygens (including phenoxy) is 1. The molecule has 5 nitrogen and oxygen atoms in total. The molecule has 1 unspecified atom stereocenters. The van der Waals surface area contributed by atoms with Crippen molar-refractivity contribution < 1.29 is 14.6 Å². The Morgan fingerprint density at radius 3 is 2.95 bits per heavy atom. The van der Waals surface area contributed by atoms with Gasteiger partial charge >= 0.3 is 0 Å². The Labute approximate surface area is 118 Å². The lowest BCUT2D eigenvalue weighted by molar-refractivity contribution is -0.134. The molecule has 1 aromatic rings. The summed E-state index contributed by atoms with van der Waals surface area (Å²) in [5.41, 5.74) is 7.91. The molecular weight excluding hydrogens is 268 g/mol. The number of benzene rings is 1. The van der Waals surface area contributed by atoms with E-state index in [1.165, 1.54) is 12.7 Å². The first-order chi connectivity index (χ1) is 8.61. The average Bonchev–Trinajstić information content (AvgIpc) is 2.37. The number of carbonyl (C=O) groups excluding carboxylic acids is 1. The van der Waals surface area contributed by atoms with E-state index in [1.807, 2.05) is 6.07 Å². The number of carbonyl (C=O) groups is 1. The molecular formula is C13H19ClN2O3. The summed E-state index contributed by atoms with van der Waals surface area (Å²) in [7, 11) is 1.52. The van der Waals surface area contributed by atoms with Gasteiger partial charge in [0, 0.05) is 20.2 Å². The lowest BCUT2D eigenvalue weighted by Gasteiger charge is -2.30. The van der Waals surface area contributed by atoms with Gasteiger partial charge in [0.05, 0.1) is 6.61 Å². The van der Waals surface area contributed by atoms with Gasteiger partial charge in [-0.25, -0.2) is 0 Å². The van der Waals surface area contributed by atoms with E-state index in [0.29, 0.717) is 13.1 Å². The molecule has 0 aromatic heterocycles. The maximum atomic E-state index is 12.0. The molecule has 0 aliphatic carbocycles. The molecule has 106 valence electrons. The van der Waals surface area contributed by atoms with Crippen LogP contribution in [-0.2, 0) is 22.5 Å². The van der Waals surface area contributed by atoms with Crippen molar-refractivity contribution in [1.29, 1.82) is 0 Å². The van der Waals surface area contributed by atoms with Crippen LogP contribution >= 0.6 is 12.4 Å². The highest BCUT2D eigenvalue weighted by atomic mass is 35.5. The number of nitrogens with zero attached hydrogens (tertiary/aromatic N) is 1. The number of hydrogen-bond acceptors (Lipinski definition) is 4. The van der Waals surface area contributed by atoms with Gasteiger partial charge in [0.15, 0.2) is 0 Å². The predicted molar refractivity (Wildman–Crippen MR) is 74.3 cm³/mol. The molecule has 6 heteroatoms. The van der Waals surface area contributed by atoms with E-state index in [-0.39, 0.29) is 30.7 Å². The Morgan fingerprint density at radius 1 is 1.53 bits per heavy atom. The number of hydrogen-bond donors (Lipinski definition) is 2. The highest BCUT2D eigenvalue weighted by molar-refractivity contribution is 5.85. The number of methoxy groups -OCH3 is 1. The Hall–Kier alpha value is -1.30. The fraction of sp³-hybridized carbons (Fsp3) is 0.462. The fourth-order valence-corrected chi connectivity index (χ4v) is 2.22. The van der Waals surface area contributed by atoms with Crippen molar-refractivity contribution in [3.8, 4) is 5.75 Å². The Bertz CT molecular complexity index is 454. The zero-order valence-electron chi connectivity index (χ0n) is 10.8. The summed E-state index contributed by atoms with van der Waals surface area (Å²) in [6, 6.07) is 4.67. The lowest BCUT2D eigenvalue weighted by atomic mass is 9.99. The summed E-state index contributed by atoms with van der Waals surface area (Å²) in [4.78, 5) is 13.8. The quantitative estimate of drug-likeness (QED) is 0.856. The summed E-state index contributed by atoms with van der Waals surface area (Å²) in [6.07, 6.45) is 0.793. The number of aromatic hydroxyl groups is 1. The van der Waals surface area contributed by atoms with Crippen molar-refractivity contribution in [2.24, 2.45) is 5.73 Å². The smallest absolute Gasteiger partial charge is 0.242 e. The predicted octanol–water partition coefficient (Wildman–Crippen LogP) is 0.672. The standard InChI is InChI=1S/C13H18N2O3.ClH/c1-18-8-12(14)13(17)15-5-4-9-2-3-11(16)6-10(9)7-15;/h2-3,6,12,16H,4-5,7-8,14H2,1H3;1H. The van der Waals surface area contributed by atoms with Crippen molar-refractivity contribution in [3.63, 3.8) is 0 Å². The summed E-state index contributed by atoms with van der Waals surface area (Å²) in [6.45, 7) is 1.39. The maximum absolute atomic E-state index is 12.0. The van der Waals surface area contributed by atoms with E-state index >= 15 is 0 Å². The summed E-state index contributed by atoms with van der Waals surface area (Å²) >= 11 is 0. The number of phenols is 1. The zero-order valence-corrected chi connectivity index (χ0v) is 11.7. The molecule has 0 saturated heterocycles. The van der Waals surface area contributed by atoms with E-state index in [1.54, 1.807) is 17.0 Å². The van der Waals surface area contributed by atoms with E-state index in [9.17, 15) is 9.90 Å². The van der Waals surface area contributed by atoms with Gasteiger partial charge in [-0.15, -0.1) is 12.4 Å². The van der Waals surface area contributed by atoms with Crippen LogP contribution in [0.1, 0.15) is 11.1 Å². The van der Waals surface area contributed by atoms with Crippen LogP contribution in [0.15, 0.2) is 18.2 Å². The first-order valence-corrected chi connectivity index (χ1v) is 5.96. The van der Waals surface area contributed by atoms with Gasteiger partial charge in [0.2, 0.25) is 5.91 Å². The van der Waals surface area contributed by atoms with E-state index in [4.69, 9.17) is 10.5 Å². The van der Waals surface area contributed by atoms with Crippen LogP contribution in [0.3, 0.4) is 0 Å². The van der Waals surface area contributed by atoms with Crippen LogP contribution in [0, 0.1) is 0 Å². The van der Waals surface area contributed by atoms with Crippen molar-refractivity contribution in [2.75, 3.05) is 20.3 Å². The fourth-order valence-electron chi connectivity index (χ4n) is 2.22. The van der Waals surface area contributed by atoms with Gasteiger partial charge in [-0.05, 0) is 29.7 Å². The maximum Gasteiger partial charge on any atom is 0.242 e. The van der Waals surface area contributed by atoms with Gasteiger partial charge in [-0.3, -0.25) is 4.79 Å². The summed E-state index contributed by atoms with van der Waals surface area (Å²) in [5.74, 6) is 0.120. The molecule has 0 fully saturated rings. The van der Waals surface area contributed by atoms with Crippen LogP contribution in [0.5, 0.6) is 5.75 Å². The third-order valence-electron chi connectivity index (χ3n) is 3.18. The molecule has 1 aliphatic heterocycles. The van der Waals surface area contributed by atoms with Crippen LogP contribution in [0.4, 0.5) is 0 Å². The second-order valence-corrected chi connectivity index (χ2v) is 4.52. The number of rotatable bonds is 3. The number of phenolic OH excluding ortho intramolecular Hbond substituents is 1. The SMILES string of the molecule is COCC(N)C(=O)N1CCc2ccc(O)cc2C1.Cl. The Morgan fingerprint density at radius 2 is 2.26 bits per heavy atom. The van der Waals surface area contributed by atoms with Gasteiger partial charge in [0.25, 0.3) is 0 Å². The molecule has 1 aliphatic rings. The largest absolute Gasteiger partial charge is 0.508 e. The molecule has 0 saturated carbocycles. The normalized spacial score (nSPS) is 15.4. The van der Waals surface area contributed by atoms with Crippen molar-refractivity contribution in [1.82, 2.24) is 4.90 Å². The highest BCUT2D eigenvalue weighted by Gasteiger charge is 2.25. The van der Waals surface area contributed by atoms with Crippen LogP contribution in [0.2, 0.25) is 0 Å². The minimum atomic E-state index is -0.617. The minimum Gasteiger partial charge on any atom is -0.508 e. The third-order valence-corrected chi connectivity index (χ3v) is 3.18. The molecule has 1 heterocycles. The van der Waals surface area contributed by atoms with E-state index < -0.39 is 6.04 Å². The Kier molecular flexibility index (Phi) is 5.60. The zero-order chi connectivity index (χ0) is 13.1. The van der Waals surface area contributed by atoms with Gasteiger partial charge < -0.3 is 20.5 Å². The summed E-state index contributed by atoms with van der Waals surface area (Å²) in [5, 5.41) is 9.46.